The molecule has 0 rings (SSSR count). The van der Waals surface area contributed by atoms with Crippen LogP contribution in [0, 0.1) is 11.8 Å². The first-order chi connectivity index (χ1) is 10.2. The highest BCUT2D eigenvalue weighted by Gasteiger charge is 2.14. The SMILES string of the molecule is CCC(C)C(=O)CCCCCNS(=O)(=O)CCC(=O)C(C)C. The number of nitrogens with one attached hydrogen (secondary N) is 1. The molecule has 0 aliphatic carbocycles. The van der Waals surface area contributed by atoms with E-state index in [1.807, 2.05) is 13.8 Å². The number of hydrogen-bond donors (Lipinski definition) is 1. The number of ketones is 2. The minimum atomic E-state index is -3.37. The van der Waals surface area contributed by atoms with Crippen LogP contribution < -0.4 is 4.72 Å². The van der Waals surface area contributed by atoms with Crippen molar-refractivity contribution < 1.29 is 18.0 Å². The predicted molar refractivity (Wildman–Crippen MR) is 89.2 cm³/mol. The molecule has 0 bridgehead atoms. The van der Waals surface area contributed by atoms with Crippen molar-refractivity contribution in [3.8, 4) is 0 Å². The molecule has 0 radical (unpaired) electrons. The number of carbonyl (C=O) groups is 2. The van der Waals surface area contributed by atoms with Crippen LogP contribution in [0.3, 0.4) is 0 Å². The van der Waals surface area contributed by atoms with Gasteiger partial charge >= 0.3 is 0 Å². The molecule has 6 heteroatoms. The molecule has 0 aromatic carbocycles. The first-order valence-corrected chi connectivity index (χ1v) is 9.87. The van der Waals surface area contributed by atoms with Crippen LogP contribution in [0.1, 0.15) is 66.2 Å². The van der Waals surface area contributed by atoms with Crippen LogP contribution in [0.4, 0.5) is 0 Å². The van der Waals surface area contributed by atoms with E-state index < -0.39 is 10.0 Å². The highest BCUT2D eigenvalue weighted by molar-refractivity contribution is 7.89. The normalized spacial score (nSPS) is 13.3. The minimum Gasteiger partial charge on any atom is -0.299 e. The van der Waals surface area contributed by atoms with Crippen LogP contribution in [0.5, 0.6) is 0 Å². The van der Waals surface area contributed by atoms with E-state index >= 15 is 0 Å². The lowest BCUT2D eigenvalue weighted by molar-refractivity contribution is -0.122. The molecule has 0 fully saturated rings. The smallest absolute Gasteiger partial charge is 0.212 e. The predicted octanol–water partition coefficient (Wildman–Crippen LogP) is 2.70. The summed E-state index contributed by atoms with van der Waals surface area (Å²) in [6.07, 6.45) is 3.85. The van der Waals surface area contributed by atoms with Gasteiger partial charge in [0.1, 0.15) is 11.6 Å². The van der Waals surface area contributed by atoms with Crippen molar-refractivity contribution in [2.75, 3.05) is 12.3 Å². The Labute approximate surface area is 135 Å². The Morgan fingerprint density at radius 1 is 0.955 bits per heavy atom. The van der Waals surface area contributed by atoms with E-state index in [0.717, 1.165) is 19.3 Å². The zero-order chi connectivity index (χ0) is 17.2. The van der Waals surface area contributed by atoms with Gasteiger partial charge in [0.05, 0.1) is 5.75 Å². The zero-order valence-electron chi connectivity index (χ0n) is 14.4. The van der Waals surface area contributed by atoms with Crippen molar-refractivity contribution in [3.05, 3.63) is 0 Å². The van der Waals surface area contributed by atoms with Crippen molar-refractivity contribution in [2.45, 2.75) is 66.2 Å². The summed E-state index contributed by atoms with van der Waals surface area (Å²) in [6.45, 7) is 7.85. The first-order valence-electron chi connectivity index (χ1n) is 8.22. The summed E-state index contributed by atoms with van der Waals surface area (Å²) in [7, 11) is -3.37. The summed E-state index contributed by atoms with van der Waals surface area (Å²) >= 11 is 0. The molecule has 1 atom stereocenters. The summed E-state index contributed by atoms with van der Waals surface area (Å²) in [4.78, 5) is 23.1. The fourth-order valence-electron chi connectivity index (χ4n) is 1.90. The highest BCUT2D eigenvalue weighted by Crippen LogP contribution is 2.09. The molecule has 5 nitrogen and oxygen atoms in total. The molecule has 0 heterocycles. The second kappa shape index (κ2) is 10.9. The van der Waals surface area contributed by atoms with Gasteiger partial charge in [-0.25, -0.2) is 13.1 Å². The van der Waals surface area contributed by atoms with E-state index in [0.29, 0.717) is 19.4 Å². The molecular formula is C16H31NO4S. The largest absolute Gasteiger partial charge is 0.299 e. The van der Waals surface area contributed by atoms with Crippen LogP contribution >= 0.6 is 0 Å². The summed E-state index contributed by atoms with van der Waals surface area (Å²) < 4.78 is 25.9. The van der Waals surface area contributed by atoms with Gasteiger partial charge in [-0.05, 0) is 19.3 Å². The highest BCUT2D eigenvalue weighted by atomic mass is 32.2. The van der Waals surface area contributed by atoms with Crippen molar-refractivity contribution in [2.24, 2.45) is 11.8 Å². The second-order valence-electron chi connectivity index (χ2n) is 6.17. The van der Waals surface area contributed by atoms with Crippen LogP contribution in [0.2, 0.25) is 0 Å². The topological polar surface area (TPSA) is 80.3 Å². The van der Waals surface area contributed by atoms with Gasteiger partial charge in [0, 0.05) is 31.2 Å². The van der Waals surface area contributed by atoms with Gasteiger partial charge in [-0.15, -0.1) is 0 Å². The van der Waals surface area contributed by atoms with Crippen LogP contribution in [-0.4, -0.2) is 32.3 Å². The number of hydrogen-bond acceptors (Lipinski definition) is 4. The lowest BCUT2D eigenvalue weighted by Crippen LogP contribution is -2.29. The lowest BCUT2D eigenvalue weighted by Gasteiger charge is -2.08. The molecule has 1 N–H and O–H groups in total. The van der Waals surface area contributed by atoms with Crippen LogP contribution in [-0.2, 0) is 19.6 Å². The Morgan fingerprint density at radius 2 is 1.59 bits per heavy atom. The lowest BCUT2D eigenvalue weighted by atomic mass is 9.99. The van der Waals surface area contributed by atoms with E-state index in [9.17, 15) is 18.0 Å². The van der Waals surface area contributed by atoms with Gasteiger partial charge in [-0.2, -0.15) is 0 Å². The maximum atomic E-state index is 11.7. The standard InChI is InChI=1S/C16H31NO4S/c1-5-14(4)16(19)9-7-6-8-11-17-22(20,21)12-10-15(18)13(2)3/h13-14,17H,5-12H2,1-4H3. The van der Waals surface area contributed by atoms with Gasteiger partial charge < -0.3 is 0 Å². The fraction of sp³-hybridized carbons (Fsp3) is 0.875. The molecule has 0 saturated heterocycles. The average Bonchev–Trinajstić information content (AvgIpc) is 2.46. The molecule has 0 amide bonds. The molecule has 0 aromatic heterocycles. The quantitative estimate of drug-likeness (QED) is 0.526. The maximum Gasteiger partial charge on any atom is 0.212 e. The monoisotopic (exact) mass is 333 g/mol. The average molecular weight is 333 g/mol. The fourth-order valence-corrected chi connectivity index (χ4v) is 2.97. The van der Waals surface area contributed by atoms with Crippen molar-refractivity contribution in [1.29, 1.82) is 0 Å². The summed E-state index contributed by atoms with van der Waals surface area (Å²) in [5, 5.41) is 0. The molecule has 22 heavy (non-hydrogen) atoms. The number of Topliss-reactive ketones (excluding diaryl/α,β-unsaturated/α-hetero) is 2. The minimum absolute atomic E-state index is 0.0334. The maximum absolute atomic E-state index is 11.7. The van der Waals surface area contributed by atoms with Crippen LogP contribution in [0.25, 0.3) is 0 Å². The summed E-state index contributed by atoms with van der Waals surface area (Å²) in [6, 6.07) is 0. The Balaban J connectivity index is 3.78. The third-order valence-corrected chi connectivity index (χ3v) is 5.23. The third kappa shape index (κ3) is 10.1. The Bertz CT molecular complexity index is 443. The van der Waals surface area contributed by atoms with Gasteiger partial charge in [-0.1, -0.05) is 34.1 Å². The molecular weight excluding hydrogens is 302 g/mol. The van der Waals surface area contributed by atoms with E-state index in [1.165, 1.54) is 0 Å². The van der Waals surface area contributed by atoms with E-state index in [4.69, 9.17) is 0 Å². The van der Waals surface area contributed by atoms with Crippen molar-refractivity contribution in [1.82, 2.24) is 4.72 Å². The first kappa shape index (κ1) is 21.2. The molecule has 0 aliphatic rings. The Hall–Kier alpha value is -0.750. The van der Waals surface area contributed by atoms with Gasteiger partial charge in [0.25, 0.3) is 0 Å². The third-order valence-electron chi connectivity index (χ3n) is 3.85. The number of carbonyl (C=O) groups excluding carboxylic acids is 2. The molecule has 1 unspecified atom stereocenters. The number of sulfonamides is 1. The van der Waals surface area contributed by atoms with Crippen molar-refractivity contribution >= 4 is 21.6 Å². The van der Waals surface area contributed by atoms with Gasteiger partial charge in [0.2, 0.25) is 10.0 Å². The Kier molecular flexibility index (Phi) is 10.5. The molecule has 0 aliphatic heterocycles. The summed E-state index contributed by atoms with van der Waals surface area (Å²) in [5.74, 6) is 0.107. The Morgan fingerprint density at radius 3 is 2.14 bits per heavy atom. The van der Waals surface area contributed by atoms with E-state index in [-0.39, 0.29) is 35.6 Å². The second-order valence-corrected chi connectivity index (χ2v) is 8.10. The zero-order valence-corrected chi connectivity index (χ0v) is 15.2. The molecule has 0 aromatic rings. The van der Waals surface area contributed by atoms with Crippen molar-refractivity contribution in [3.63, 3.8) is 0 Å². The molecule has 0 spiro atoms. The van der Waals surface area contributed by atoms with E-state index in [1.54, 1.807) is 13.8 Å². The van der Waals surface area contributed by atoms with E-state index in [2.05, 4.69) is 4.72 Å². The molecule has 130 valence electrons. The molecule has 0 saturated carbocycles. The number of unbranched alkanes of at least 4 members (excludes halogenated alkanes) is 2. The number of rotatable bonds is 13. The van der Waals surface area contributed by atoms with Crippen LogP contribution in [0.15, 0.2) is 0 Å². The van der Waals surface area contributed by atoms with Gasteiger partial charge in [-0.3, -0.25) is 9.59 Å². The van der Waals surface area contributed by atoms with Gasteiger partial charge in [0.15, 0.2) is 0 Å². The summed E-state index contributed by atoms with van der Waals surface area (Å²) in [5.41, 5.74) is 0.